The molecular formula is C10H16N4S. The van der Waals surface area contributed by atoms with Gasteiger partial charge in [0, 0.05) is 17.8 Å². The van der Waals surface area contributed by atoms with E-state index in [2.05, 4.69) is 15.3 Å². The predicted octanol–water partition coefficient (Wildman–Crippen LogP) is 1.67. The molecule has 0 spiro atoms. The molecule has 82 valence electrons. The molecule has 1 aromatic rings. The fourth-order valence-corrected chi connectivity index (χ4v) is 2.82. The zero-order chi connectivity index (χ0) is 10.7. The molecule has 2 rings (SSSR count). The minimum absolute atomic E-state index is 0.350. The Kier molecular flexibility index (Phi) is 3.30. The second kappa shape index (κ2) is 4.70. The summed E-state index contributed by atoms with van der Waals surface area (Å²) in [5, 5.41) is 3.42. The molecule has 1 saturated heterocycles. The lowest BCUT2D eigenvalue weighted by Crippen LogP contribution is -2.25. The lowest BCUT2D eigenvalue weighted by Gasteiger charge is -2.23. The summed E-state index contributed by atoms with van der Waals surface area (Å²) in [5.74, 6) is 3.67. The average Bonchev–Trinajstić information content (AvgIpc) is 2.17. The Hall–Kier alpha value is -0.970. The van der Waals surface area contributed by atoms with Gasteiger partial charge in [0.1, 0.15) is 5.82 Å². The first-order valence-corrected chi connectivity index (χ1v) is 6.35. The van der Waals surface area contributed by atoms with E-state index in [9.17, 15) is 0 Å². The van der Waals surface area contributed by atoms with E-state index in [1.54, 1.807) is 0 Å². The summed E-state index contributed by atoms with van der Waals surface area (Å²) in [6.45, 7) is 1.93. The van der Waals surface area contributed by atoms with E-state index < -0.39 is 0 Å². The highest BCUT2D eigenvalue weighted by molar-refractivity contribution is 7.99. The van der Waals surface area contributed by atoms with Crippen molar-refractivity contribution in [1.29, 1.82) is 0 Å². The summed E-state index contributed by atoms with van der Waals surface area (Å²) in [4.78, 5) is 8.23. The lowest BCUT2D eigenvalue weighted by molar-refractivity contribution is 0.663. The number of nitrogens with two attached hydrogens (primary N) is 1. The van der Waals surface area contributed by atoms with Crippen LogP contribution in [-0.4, -0.2) is 27.5 Å². The predicted molar refractivity (Wildman–Crippen MR) is 65.2 cm³/mol. The van der Waals surface area contributed by atoms with E-state index in [0.29, 0.717) is 12.0 Å². The molecule has 2 heterocycles. The van der Waals surface area contributed by atoms with Crippen molar-refractivity contribution in [3.63, 3.8) is 0 Å². The highest BCUT2D eigenvalue weighted by atomic mass is 32.2. The minimum Gasteiger partial charge on any atom is -0.368 e. The number of hydrogen-bond acceptors (Lipinski definition) is 5. The summed E-state index contributed by atoms with van der Waals surface area (Å²) in [6.07, 6.45) is 2.40. The summed E-state index contributed by atoms with van der Waals surface area (Å²) < 4.78 is 0. The van der Waals surface area contributed by atoms with Crippen molar-refractivity contribution < 1.29 is 0 Å². The van der Waals surface area contributed by atoms with Crippen molar-refractivity contribution >= 4 is 23.5 Å². The number of nitrogens with one attached hydrogen (secondary N) is 1. The van der Waals surface area contributed by atoms with Gasteiger partial charge in [-0.1, -0.05) is 0 Å². The van der Waals surface area contributed by atoms with Crippen LogP contribution >= 0.6 is 11.8 Å². The largest absolute Gasteiger partial charge is 0.368 e. The van der Waals surface area contributed by atoms with Crippen LogP contribution < -0.4 is 11.1 Å². The van der Waals surface area contributed by atoms with Gasteiger partial charge in [0.25, 0.3) is 0 Å². The topological polar surface area (TPSA) is 63.8 Å². The van der Waals surface area contributed by atoms with Crippen LogP contribution in [0.15, 0.2) is 6.07 Å². The van der Waals surface area contributed by atoms with Crippen LogP contribution in [0.4, 0.5) is 11.8 Å². The smallest absolute Gasteiger partial charge is 0.222 e. The molecule has 1 aromatic heterocycles. The summed E-state index contributed by atoms with van der Waals surface area (Å²) in [7, 11) is 0. The molecule has 0 radical (unpaired) electrons. The van der Waals surface area contributed by atoms with Gasteiger partial charge < -0.3 is 11.1 Å². The van der Waals surface area contributed by atoms with Crippen LogP contribution in [0.25, 0.3) is 0 Å². The summed E-state index contributed by atoms with van der Waals surface area (Å²) in [5.41, 5.74) is 6.51. The number of hydrogen-bond donors (Lipinski definition) is 2. The molecule has 15 heavy (non-hydrogen) atoms. The third-order valence-electron chi connectivity index (χ3n) is 2.44. The number of aromatic nitrogens is 2. The second-order valence-corrected chi connectivity index (χ2v) is 5.01. The molecule has 1 fully saturated rings. The molecule has 1 aliphatic heterocycles. The molecule has 0 saturated carbocycles. The number of aryl methyl sites for hydroxylation is 1. The van der Waals surface area contributed by atoms with Gasteiger partial charge in [-0.3, -0.25) is 0 Å². The van der Waals surface area contributed by atoms with E-state index in [-0.39, 0.29) is 0 Å². The van der Waals surface area contributed by atoms with E-state index >= 15 is 0 Å². The standard InChI is InChI=1S/C10H16N4S/c1-7-6-9(14-10(11)12-7)13-8-2-4-15-5-3-8/h6,8H,2-5H2,1H3,(H3,11,12,13,14). The SMILES string of the molecule is Cc1cc(NC2CCSCC2)nc(N)n1. The molecule has 4 nitrogen and oxygen atoms in total. The third kappa shape index (κ3) is 2.99. The van der Waals surface area contributed by atoms with Crippen LogP contribution in [0.1, 0.15) is 18.5 Å². The number of anilines is 2. The van der Waals surface area contributed by atoms with Crippen LogP contribution in [-0.2, 0) is 0 Å². The Bertz CT molecular complexity index is 316. The summed E-state index contributed by atoms with van der Waals surface area (Å²) in [6, 6.07) is 2.48. The van der Waals surface area contributed by atoms with E-state index in [1.807, 2.05) is 24.8 Å². The Morgan fingerprint density at radius 2 is 2.13 bits per heavy atom. The van der Waals surface area contributed by atoms with Gasteiger partial charge in [-0.05, 0) is 31.3 Å². The summed E-state index contributed by atoms with van der Waals surface area (Å²) >= 11 is 2.02. The first-order valence-electron chi connectivity index (χ1n) is 5.19. The molecule has 0 aliphatic carbocycles. The highest BCUT2D eigenvalue weighted by Gasteiger charge is 2.13. The first kappa shape index (κ1) is 10.5. The normalized spacial score (nSPS) is 17.7. The molecule has 5 heteroatoms. The van der Waals surface area contributed by atoms with Gasteiger partial charge in [0.2, 0.25) is 5.95 Å². The van der Waals surface area contributed by atoms with Crippen LogP contribution in [0, 0.1) is 6.92 Å². The first-order chi connectivity index (χ1) is 7.24. The van der Waals surface area contributed by atoms with Crippen LogP contribution in [0.3, 0.4) is 0 Å². The third-order valence-corrected chi connectivity index (χ3v) is 3.49. The number of thioether (sulfide) groups is 1. The molecule has 3 N–H and O–H groups in total. The van der Waals surface area contributed by atoms with Crippen molar-refractivity contribution in [1.82, 2.24) is 9.97 Å². The maximum atomic E-state index is 5.60. The molecule has 1 aliphatic rings. The number of nitrogen functional groups attached to an aromatic ring is 1. The fourth-order valence-electron chi connectivity index (χ4n) is 1.72. The molecule has 0 atom stereocenters. The Labute approximate surface area is 94.1 Å². The van der Waals surface area contributed by atoms with Crippen molar-refractivity contribution in [3.8, 4) is 0 Å². The molecule has 0 amide bonds. The zero-order valence-electron chi connectivity index (χ0n) is 8.86. The van der Waals surface area contributed by atoms with Gasteiger partial charge >= 0.3 is 0 Å². The van der Waals surface area contributed by atoms with E-state index in [0.717, 1.165) is 11.5 Å². The molecule has 0 unspecified atom stereocenters. The van der Waals surface area contributed by atoms with Crippen molar-refractivity contribution in [3.05, 3.63) is 11.8 Å². The highest BCUT2D eigenvalue weighted by Crippen LogP contribution is 2.20. The van der Waals surface area contributed by atoms with Crippen molar-refractivity contribution in [2.24, 2.45) is 0 Å². The van der Waals surface area contributed by atoms with E-state index in [1.165, 1.54) is 24.3 Å². The van der Waals surface area contributed by atoms with Crippen molar-refractivity contribution in [2.75, 3.05) is 22.6 Å². The molecule has 0 bridgehead atoms. The maximum Gasteiger partial charge on any atom is 0.222 e. The molecular weight excluding hydrogens is 208 g/mol. The Morgan fingerprint density at radius 1 is 1.40 bits per heavy atom. The lowest BCUT2D eigenvalue weighted by atomic mass is 10.1. The van der Waals surface area contributed by atoms with Gasteiger partial charge in [-0.25, -0.2) is 4.98 Å². The molecule has 0 aromatic carbocycles. The fraction of sp³-hybridized carbons (Fsp3) is 0.600. The quantitative estimate of drug-likeness (QED) is 0.800. The second-order valence-electron chi connectivity index (χ2n) is 3.78. The average molecular weight is 224 g/mol. The van der Waals surface area contributed by atoms with Gasteiger partial charge in [0.15, 0.2) is 0 Å². The van der Waals surface area contributed by atoms with E-state index in [4.69, 9.17) is 5.73 Å². The van der Waals surface area contributed by atoms with Gasteiger partial charge in [0.05, 0.1) is 0 Å². The maximum absolute atomic E-state index is 5.60. The van der Waals surface area contributed by atoms with Crippen LogP contribution in [0.5, 0.6) is 0 Å². The van der Waals surface area contributed by atoms with Crippen molar-refractivity contribution in [2.45, 2.75) is 25.8 Å². The number of rotatable bonds is 2. The minimum atomic E-state index is 0.350. The van der Waals surface area contributed by atoms with Crippen LogP contribution in [0.2, 0.25) is 0 Å². The van der Waals surface area contributed by atoms with Gasteiger partial charge in [-0.15, -0.1) is 0 Å². The Morgan fingerprint density at radius 3 is 2.80 bits per heavy atom. The monoisotopic (exact) mass is 224 g/mol. The number of nitrogens with zero attached hydrogens (tertiary/aromatic N) is 2. The van der Waals surface area contributed by atoms with Gasteiger partial charge in [-0.2, -0.15) is 16.7 Å². The Balaban J connectivity index is 2.02. The zero-order valence-corrected chi connectivity index (χ0v) is 9.68.